The summed E-state index contributed by atoms with van der Waals surface area (Å²) in [4.78, 5) is 25.7. The maximum absolute atomic E-state index is 13.0. The van der Waals surface area contributed by atoms with E-state index in [4.69, 9.17) is 4.74 Å². The third-order valence-corrected chi connectivity index (χ3v) is 4.23. The minimum atomic E-state index is -0.508. The molecule has 0 aliphatic heterocycles. The molecule has 1 N–H and O–H groups in total. The third kappa shape index (κ3) is 4.17. The lowest BCUT2D eigenvalue weighted by molar-refractivity contribution is 0.0903. The lowest BCUT2D eigenvalue weighted by Crippen LogP contribution is -2.39. The molecule has 0 unspecified atom stereocenters. The second-order valence-electron chi connectivity index (χ2n) is 6.73. The van der Waals surface area contributed by atoms with Crippen molar-refractivity contribution in [1.82, 2.24) is 24.9 Å². The van der Waals surface area contributed by atoms with Crippen LogP contribution in [0.3, 0.4) is 0 Å². The molecule has 0 fully saturated rings. The van der Waals surface area contributed by atoms with Gasteiger partial charge in [-0.05, 0) is 19.9 Å². The Morgan fingerprint density at radius 2 is 2.00 bits per heavy atom. The van der Waals surface area contributed by atoms with Crippen molar-refractivity contribution in [2.75, 3.05) is 13.7 Å². The minimum absolute atomic E-state index is 0.0115. The summed E-state index contributed by atoms with van der Waals surface area (Å²) in [5, 5.41) is 11.3. The van der Waals surface area contributed by atoms with Crippen LogP contribution in [0, 0.1) is 6.92 Å². The highest BCUT2D eigenvalue weighted by Gasteiger charge is 2.19. The zero-order valence-electron chi connectivity index (χ0n) is 16.3. The van der Waals surface area contributed by atoms with E-state index in [1.807, 2.05) is 38.1 Å². The number of hydrogen-bond acceptors (Lipinski definition) is 5. The van der Waals surface area contributed by atoms with Crippen LogP contribution in [0.1, 0.15) is 22.8 Å². The van der Waals surface area contributed by atoms with Gasteiger partial charge in [-0.15, -0.1) is 0 Å². The van der Waals surface area contributed by atoms with Gasteiger partial charge >= 0.3 is 0 Å². The molecule has 3 aromatic rings. The SMILES string of the molecule is COC[C@H](C)NC(=O)c1cc(-c2ccc(C)cc2)nn(-c2cnn(C)c2)c1=O. The summed E-state index contributed by atoms with van der Waals surface area (Å²) in [5.41, 5.74) is 2.43. The first kappa shape index (κ1) is 19.5. The molecule has 0 saturated heterocycles. The minimum Gasteiger partial charge on any atom is -0.383 e. The molecular weight excluding hydrogens is 358 g/mol. The summed E-state index contributed by atoms with van der Waals surface area (Å²) < 4.78 is 7.83. The average molecular weight is 381 g/mol. The van der Waals surface area contributed by atoms with Gasteiger partial charge in [0.05, 0.1) is 24.7 Å². The molecule has 0 saturated carbocycles. The summed E-state index contributed by atoms with van der Waals surface area (Å²) >= 11 is 0. The highest BCUT2D eigenvalue weighted by molar-refractivity contribution is 5.95. The highest BCUT2D eigenvalue weighted by atomic mass is 16.5. The normalized spacial score (nSPS) is 12.0. The number of nitrogens with zero attached hydrogens (tertiary/aromatic N) is 4. The zero-order valence-corrected chi connectivity index (χ0v) is 16.3. The van der Waals surface area contributed by atoms with Crippen LogP contribution in [0.5, 0.6) is 0 Å². The first-order chi connectivity index (χ1) is 13.4. The predicted molar refractivity (Wildman–Crippen MR) is 106 cm³/mol. The number of aromatic nitrogens is 4. The van der Waals surface area contributed by atoms with E-state index >= 15 is 0 Å². The van der Waals surface area contributed by atoms with E-state index in [0.29, 0.717) is 18.0 Å². The van der Waals surface area contributed by atoms with Crippen molar-refractivity contribution in [2.45, 2.75) is 19.9 Å². The molecule has 8 heteroatoms. The second kappa shape index (κ2) is 8.18. The molecule has 0 spiro atoms. The Morgan fingerprint density at radius 1 is 1.29 bits per heavy atom. The second-order valence-corrected chi connectivity index (χ2v) is 6.73. The quantitative estimate of drug-likeness (QED) is 0.702. The summed E-state index contributed by atoms with van der Waals surface area (Å²) in [7, 11) is 3.30. The Morgan fingerprint density at radius 3 is 2.61 bits per heavy atom. The number of methoxy groups -OCH3 is 1. The molecule has 1 aromatic carbocycles. The van der Waals surface area contributed by atoms with Gasteiger partial charge in [0.1, 0.15) is 11.3 Å². The van der Waals surface area contributed by atoms with E-state index in [2.05, 4.69) is 15.5 Å². The van der Waals surface area contributed by atoms with Gasteiger partial charge in [0, 0.05) is 25.8 Å². The maximum Gasteiger partial charge on any atom is 0.284 e. The highest BCUT2D eigenvalue weighted by Crippen LogP contribution is 2.18. The largest absolute Gasteiger partial charge is 0.383 e. The van der Waals surface area contributed by atoms with E-state index < -0.39 is 11.5 Å². The molecule has 8 nitrogen and oxygen atoms in total. The van der Waals surface area contributed by atoms with Crippen molar-refractivity contribution in [3.8, 4) is 16.9 Å². The van der Waals surface area contributed by atoms with Crippen molar-refractivity contribution < 1.29 is 9.53 Å². The van der Waals surface area contributed by atoms with Gasteiger partial charge in [0.25, 0.3) is 11.5 Å². The number of amides is 1. The molecule has 2 aromatic heterocycles. The monoisotopic (exact) mass is 381 g/mol. The molecule has 0 bridgehead atoms. The van der Waals surface area contributed by atoms with Crippen molar-refractivity contribution in [1.29, 1.82) is 0 Å². The number of ether oxygens (including phenoxy) is 1. The average Bonchev–Trinajstić information content (AvgIpc) is 3.09. The summed E-state index contributed by atoms with van der Waals surface area (Å²) in [6, 6.07) is 9.01. The van der Waals surface area contributed by atoms with Crippen LogP contribution in [0.2, 0.25) is 0 Å². The Balaban J connectivity index is 2.12. The number of benzene rings is 1. The van der Waals surface area contributed by atoms with E-state index in [1.54, 1.807) is 25.0 Å². The van der Waals surface area contributed by atoms with Gasteiger partial charge in [-0.3, -0.25) is 14.3 Å². The number of hydrogen-bond donors (Lipinski definition) is 1. The van der Waals surface area contributed by atoms with Crippen LogP contribution >= 0.6 is 0 Å². The van der Waals surface area contributed by atoms with Crippen LogP contribution in [-0.2, 0) is 11.8 Å². The lowest BCUT2D eigenvalue weighted by atomic mass is 10.1. The fourth-order valence-electron chi connectivity index (χ4n) is 2.81. The molecule has 0 aliphatic rings. The molecule has 3 rings (SSSR count). The number of carbonyl (C=O) groups excluding carboxylic acids is 1. The van der Waals surface area contributed by atoms with Gasteiger partial charge in [-0.1, -0.05) is 29.8 Å². The molecule has 0 radical (unpaired) electrons. The Labute approximate surface area is 162 Å². The van der Waals surface area contributed by atoms with E-state index in [9.17, 15) is 9.59 Å². The molecule has 28 heavy (non-hydrogen) atoms. The molecule has 146 valence electrons. The van der Waals surface area contributed by atoms with Gasteiger partial charge in [0.2, 0.25) is 0 Å². The Hall–Kier alpha value is -3.26. The van der Waals surface area contributed by atoms with Crippen molar-refractivity contribution in [2.24, 2.45) is 7.05 Å². The van der Waals surface area contributed by atoms with Crippen LogP contribution in [-0.4, -0.2) is 45.2 Å². The number of carbonyl (C=O) groups is 1. The van der Waals surface area contributed by atoms with Crippen molar-refractivity contribution >= 4 is 5.91 Å². The number of rotatable bonds is 6. The molecule has 2 heterocycles. The van der Waals surface area contributed by atoms with E-state index in [1.165, 1.54) is 16.9 Å². The standard InChI is InChI=1S/C20H23N5O3/c1-13-5-7-15(8-6-13)18-9-17(19(26)22-14(2)12-28-4)20(27)25(23-18)16-10-21-24(3)11-16/h5-11,14H,12H2,1-4H3,(H,22,26)/t14-/m0/s1. The zero-order chi connectivity index (χ0) is 20.3. The van der Waals surface area contributed by atoms with Gasteiger partial charge in [-0.25, -0.2) is 0 Å². The van der Waals surface area contributed by atoms with E-state index in [0.717, 1.165) is 11.1 Å². The molecule has 1 amide bonds. The molecule has 0 aliphatic carbocycles. The number of aryl methyl sites for hydroxylation is 2. The smallest absolute Gasteiger partial charge is 0.284 e. The maximum atomic E-state index is 13.0. The predicted octanol–water partition coefficient (Wildman–Crippen LogP) is 1.71. The fraction of sp³-hybridized carbons (Fsp3) is 0.300. The first-order valence-electron chi connectivity index (χ1n) is 8.89. The van der Waals surface area contributed by atoms with Crippen LogP contribution in [0.15, 0.2) is 47.5 Å². The Kier molecular flexibility index (Phi) is 5.70. The third-order valence-electron chi connectivity index (χ3n) is 4.23. The van der Waals surface area contributed by atoms with Crippen LogP contribution in [0.4, 0.5) is 0 Å². The topological polar surface area (TPSA) is 91.0 Å². The fourth-order valence-corrected chi connectivity index (χ4v) is 2.81. The van der Waals surface area contributed by atoms with Gasteiger partial charge in [0.15, 0.2) is 0 Å². The van der Waals surface area contributed by atoms with Crippen molar-refractivity contribution in [3.63, 3.8) is 0 Å². The van der Waals surface area contributed by atoms with E-state index in [-0.39, 0.29) is 11.6 Å². The molecular formula is C20H23N5O3. The molecule has 1 atom stereocenters. The van der Waals surface area contributed by atoms with Gasteiger partial charge < -0.3 is 10.1 Å². The van der Waals surface area contributed by atoms with Gasteiger partial charge in [-0.2, -0.15) is 14.9 Å². The van der Waals surface area contributed by atoms with Crippen LogP contribution < -0.4 is 10.9 Å². The van der Waals surface area contributed by atoms with Crippen LogP contribution in [0.25, 0.3) is 16.9 Å². The summed E-state index contributed by atoms with van der Waals surface area (Å²) in [5.74, 6) is -0.469. The first-order valence-corrected chi connectivity index (χ1v) is 8.89. The number of nitrogens with one attached hydrogen (secondary N) is 1. The van der Waals surface area contributed by atoms with Crippen molar-refractivity contribution in [3.05, 3.63) is 64.2 Å². The lowest BCUT2D eigenvalue weighted by Gasteiger charge is -2.14. The summed E-state index contributed by atoms with van der Waals surface area (Å²) in [6.45, 7) is 4.14. The Bertz CT molecular complexity index is 1040. The summed E-state index contributed by atoms with van der Waals surface area (Å²) in [6.07, 6.45) is 3.20.